The fourth-order valence-corrected chi connectivity index (χ4v) is 5.55. The number of H-pyrrole nitrogens is 1. The fraction of sp³-hybridized carbons (Fsp3) is 0.231. The minimum atomic E-state index is -4.38. The van der Waals surface area contributed by atoms with Gasteiger partial charge in [-0.05, 0) is 62.2 Å². The molecule has 0 bridgehead atoms. The van der Waals surface area contributed by atoms with Crippen molar-refractivity contribution < 1.29 is 22.9 Å². The van der Waals surface area contributed by atoms with Gasteiger partial charge in [0.25, 0.3) is 11.6 Å². The average Bonchev–Trinajstić information content (AvgIpc) is 3.62. The third-order valence-corrected chi connectivity index (χ3v) is 8.06. The Morgan fingerprint density at radius 2 is 2.00 bits per heavy atom. The zero-order valence-electron chi connectivity index (χ0n) is 20.7. The van der Waals surface area contributed by atoms with Gasteiger partial charge in [-0.1, -0.05) is 6.07 Å². The van der Waals surface area contributed by atoms with Crippen LogP contribution in [0.25, 0.3) is 11.0 Å². The largest absolute Gasteiger partial charge is 0.453 e. The first-order chi connectivity index (χ1) is 18.7. The maximum atomic E-state index is 13.7. The molecular formula is C26H26N6O6S. The van der Waals surface area contributed by atoms with Gasteiger partial charge in [0.1, 0.15) is 22.0 Å². The molecule has 1 fully saturated rings. The number of nitro groups is 1. The summed E-state index contributed by atoms with van der Waals surface area (Å²) < 4.78 is 33.4. The number of aromatic nitrogens is 2. The van der Waals surface area contributed by atoms with Crippen LogP contribution in [0.5, 0.6) is 11.5 Å². The molecule has 5 rings (SSSR count). The number of aromatic amines is 1. The first-order valence-corrected chi connectivity index (χ1v) is 13.8. The second-order valence-corrected chi connectivity index (χ2v) is 11.1. The van der Waals surface area contributed by atoms with Crippen molar-refractivity contribution in [3.05, 3.63) is 76.6 Å². The number of pyridine rings is 1. The number of hydrogen-bond acceptors (Lipinski definition) is 9. The summed E-state index contributed by atoms with van der Waals surface area (Å²) in [6.45, 7) is 1.26. The number of primary amides is 1. The summed E-state index contributed by atoms with van der Waals surface area (Å²) >= 11 is 0. The van der Waals surface area contributed by atoms with E-state index in [-0.39, 0.29) is 38.2 Å². The van der Waals surface area contributed by atoms with E-state index >= 15 is 0 Å². The van der Waals surface area contributed by atoms with E-state index in [2.05, 4.69) is 20.6 Å². The number of nitro benzene ring substituents is 1. The van der Waals surface area contributed by atoms with Gasteiger partial charge in [0.2, 0.25) is 9.84 Å². The monoisotopic (exact) mass is 550 g/mol. The highest BCUT2D eigenvalue weighted by Gasteiger charge is 2.29. The molecule has 0 radical (unpaired) electrons. The van der Waals surface area contributed by atoms with Crippen LogP contribution in [0, 0.1) is 10.1 Å². The molecule has 0 unspecified atom stereocenters. The van der Waals surface area contributed by atoms with Crippen molar-refractivity contribution in [1.82, 2.24) is 15.3 Å². The van der Waals surface area contributed by atoms with Gasteiger partial charge in [-0.25, -0.2) is 13.4 Å². The Bertz CT molecular complexity index is 1660. The number of nitrogens with one attached hydrogen (secondary N) is 3. The third kappa shape index (κ3) is 5.68. The molecule has 1 saturated carbocycles. The van der Waals surface area contributed by atoms with E-state index in [0.29, 0.717) is 23.6 Å². The lowest BCUT2D eigenvalue weighted by Gasteiger charge is -2.15. The number of fused-ring (bicyclic) bond motifs is 1. The van der Waals surface area contributed by atoms with Crippen LogP contribution >= 0.6 is 0 Å². The molecule has 39 heavy (non-hydrogen) atoms. The number of benzene rings is 2. The second-order valence-electron chi connectivity index (χ2n) is 9.13. The van der Waals surface area contributed by atoms with Crippen LogP contribution in [-0.4, -0.2) is 48.3 Å². The van der Waals surface area contributed by atoms with E-state index in [1.54, 1.807) is 18.3 Å². The van der Waals surface area contributed by atoms with Crippen molar-refractivity contribution in [2.45, 2.75) is 35.1 Å². The maximum absolute atomic E-state index is 13.7. The van der Waals surface area contributed by atoms with Crippen LogP contribution in [0.2, 0.25) is 0 Å². The van der Waals surface area contributed by atoms with Crippen LogP contribution in [-0.2, 0) is 9.84 Å². The smallest absolute Gasteiger partial charge is 0.293 e. The van der Waals surface area contributed by atoms with Gasteiger partial charge in [-0.3, -0.25) is 14.9 Å². The van der Waals surface area contributed by atoms with Gasteiger partial charge in [0.05, 0.1) is 21.6 Å². The molecule has 12 nitrogen and oxygen atoms in total. The number of amides is 1. The Labute approximate surface area is 223 Å². The first-order valence-electron chi connectivity index (χ1n) is 12.3. The quantitative estimate of drug-likeness (QED) is 0.116. The van der Waals surface area contributed by atoms with Gasteiger partial charge in [-0.15, -0.1) is 0 Å². The molecule has 1 aliphatic carbocycles. The minimum Gasteiger partial charge on any atom is -0.453 e. The lowest BCUT2D eigenvalue weighted by molar-refractivity contribution is -0.384. The van der Waals surface area contributed by atoms with Crippen LogP contribution in [0.1, 0.15) is 29.6 Å². The second kappa shape index (κ2) is 10.7. The van der Waals surface area contributed by atoms with Gasteiger partial charge < -0.3 is 26.1 Å². The van der Waals surface area contributed by atoms with Crippen molar-refractivity contribution in [3.8, 4) is 11.5 Å². The number of carbonyl (C=O) groups excluding carboxylic acids is 1. The van der Waals surface area contributed by atoms with Crippen LogP contribution < -0.4 is 21.1 Å². The highest BCUT2D eigenvalue weighted by Crippen LogP contribution is 2.38. The Hall–Kier alpha value is -4.49. The lowest BCUT2D eigenvalue weighted by Crippen LogP contribution is -2.20. The van der Waals surface area contributed by atoms with Crippen molar-refractivity contribution in [2.24, 2.45) is 5.73 Å². The van der Waals surface area contributed by atoms with Crippen molar-refractivity contribution in [3.63, 3.8) is 0 Å². The number of anilines is 1. The molecule has 0 atom stereocenters. The third-order valence-electron chi connectivity index (χ3n) is 6.28. The molecule has 1 amide bonds. The number of hydrogen-bond donors (Lipinski definition) is 4. The minimum absolute atomic E-state index is 0.169. The summed E-state index contributed by atoms with van der Waals surface area (Å²) in [6.07, 6.45) is 6.15. The molecule has 0 spiro atoms. The van der Waals surface area contributed by atoms with Crippen molar-refractivity contribution >= 4 is 38.2 Å². The summed E-state index contributed by atoms with van der Waals surface area (Å²) in [4.78, 5) is 29.8. The number of sulfone groups is 1. The molecule has 1 aliphatic rings. The zero-order chi connectivity index (χ0) is 27.6. The number of ether oxygens (including phenoxy) is 1. The molecule has 5 N–H and O–H groups in total. The molecule has 0 saturated heterocycles. The molecule has 2 aromatic carbocycles. The summed E-state index contributed by atoms with van der Waals surface area (Å²) in [7, 11) is -4.38. The van der Waals surface area contributed by atoms with Crippen LogP contribution in [0.15, 0.2) is 70.7 Å². The highest BCUT2D eigenvalue weighted by molar-refractivity contribution is 7.91. The SMILES string of the molecule is NC(=O)c1cccc(S(=O)(=O)c2ccc(NCCCNC3CC3)c([N+](=O)[O-])c2)c1Oc1cnc2[nH]ccc2c1. The van der Waals surface area contributed by atoms with Crippen molar-refractivity contribution in [2.75, 3.05) is 18.4 Å². The van der Waals surface area contributed by atoms with E-state index in [1.807, 2.05) is 0 Å². The average molecular weight is 551 g/mol. The predicted octanol–water partition coefficient (Wildman–Crippen LogP) is 3.75. The summed E-state index contributed by atoms with van der Waals surface area (Å²) in [6, 6.07) is 11.5. The van der Waals surface area contributed by atoms with Gasteiger partial charge in [0, 0.05) is 30.2 Å². The molecule has 13 heteroatoms. The van der Waals surface area contributed by atoms with E-state index in [9.17, 15) is 23.3 Å². The van der Waals surface area contributed by atoms with Gasteiger partial charge >= 0.3 is 0 Å². The van der Waals surface area contributed by atoms with E-state index in [0.717, 1.165) is 19.0 Å². The summed E-state index contributed by atoms with van der Waals surface area (Å²) in [5, 5.41) is 18.9. The Morgan fingerprint density at radius 1 is 1.18 bits per heavy atom. The number of nitrogens with two attached hydrogens (primary N) is 1. The summed E-state index contributed by atoms with van der Waals surface area (Å²) in [5.74, 6) is -1.02. The zero-order valence-corrected chi connectivity index (χ0v) is 21.5. The number of nitrogens with zero attached hydrogens (tertiary/aromatic N) is 2. The predicted molar refractivity (Wildman–Crippen MR) is 144 cm³/mol. The number of carbonyl (C=O) groups is 1. The molecular weight excluding hydrogens is 524 g/mol. The normalized spacial score (nSPS) is 13.3. The highest BCUT2D eigenvalue weighted by atomic mass is 32.2. The van der Waals surface area contributed by atoms with E-state index < -0.39 is 20.7 Å². The van der Waals surface area contributed by atoms with Crippen LogP contribution in [0.4, 0.5) is 11.4 Å². The Morgan fingerprint density at radius 3 is 2.74 bits per heavy atom. The Kier molecular flexibility index (Phi) is 7.17. The summed E-state index contributed by atoms with van der Waals surface area (Å²) in [5.41, 5.74) is 5.78. The first kappa shape index (κ1) is 26.1. The van der Waals surface area contributed by atoms with Gasteiger partial charge in [0.15, 0.2) is 5.75 Å². The molecule has 2 aromatic heterocycles. The standard InChI is InChI=1S/C26H26N6O6S/c27-25(33)20-3-1-4-23(24(20)38-18-13-16-9-12-30-26(16)31-15-18)39(36,37)19-7-8-21(22(14-19)32(34)35)29-11-2-10-28-17-5-6-17/h1,3-4,7-9,12-15,17,28-29H,2,5-6,10-11H2,(H2,27,33)(H,30,31). The maximum Gasteiger partial charge on any atom is 0.293 e. The fourth-order valence-electron chi connectivity index (χ4n) is 4.13. The number of para-hydroxylation sites is 1. The van der Waals surface area contributed by atoms with Crippen LogP contribution in [0.3, 0.4) is 0 Å². The topological polar surface area (TPSA) is 182 Å². The Balaban J connectivity index is 1.47. The lowest BCUT2D eigenvalue weighted by atomic mass is 10.2. The number of rotatable bonds is 12. The molecule has 4 aromatic rings. The van der Waals surface area contributed by atoms with Gasteiger partial charge in [-0.2, -0.15) is 0 Å². The molecule has 202 valence electrons. The van der Waals surface area contributed by atoms with Crippen molar-refractivity contribution in [1.29, 1.82) is 0 Å². The molecule has 0 aliphatic heterocycles. The molecule has 2 heterocycles. The van der Waals surface area contributed by atoms with E-state index in [4.69, 9.17) is 10.5 Å². The van der Waals surface area contributed by atoms with E-state index in [1.165, 1.54) is 49.4 Å².